The van der Waals surface area contributed by atoms with Crippen molar-refractivity contribution in [3.05, 3.63) is 39.8 Å². The molecule has 0 aliphatic heterocycles. The Morgan fingerprint density at radius 2 is 1.82 bits per heavy atom. The first-order valence-corrected chi connectivity index (χ1v) is 9.00. The molecule has 1 heterocycles. The van der Waals surface area contributed by atoms with Crippen LogP contribution >= 0.6 is 0 Å². The second-order valence-corrected chi connectivity index (χ2v) is 7.89. The lowest BCUT2D eigenvalue weighted by Gasteiger charge is -2.24. The second-order valence-electron chi connectivity index (χ2n) is 7.89. The molecule has 154 valence electrons. The molecule has 2 rings (SSSR count). The molecule has 0 amide bonds. The van der Waals surface area contributed by atoms with Crippen molar-refractivity contribution < 1.29 is 27.8 Å². The average Bonchev–Trinajstić information content (AvgIpc) is 2.56. The zero-order chi connectivity index (χ0) is 21.3. The number of fused-ring (bicyclic) bond motifs is 1. The minimum Gasteiger partial charge on any atom is -0.490 e. The Balaban J connectivity index is 2.89. The highest BCUT2D eigenvalue weighted by Crippen LogP contribution is 2.35. The van der Waals surface area contributed by atoms with Gasteiger partial charge in [-0.2, -0.15) is 13.2 Å². The largest absolute Gasteiger partial charge is 0.490 e. The number of carbonyl (C=O) groups is 1. The molecule has 28 heavy (non-hydrogen) atoms. The molecule has 5 nitrogen and oxygen atoms in total. The molecule has 1 aromatic carbocycles. The van der Waals surface area contributed by atoms with Gasteiger partial charge in [-0.3, -0.25) is 9.36 Å². The summed E-state index contributed by atoms with van der Waals surface area (Å²) in [7, 11) is 0. The van der Waals surface area contributed by atoms with Crippen molar-refractivity contribution >= 4 is 16.7 Å². The van der Waals surface area contributed by atoms with Crippen LogP contribution in [0.2, 0.25) is 0 Å². The fourth-order valence-corrected chi connectivity index (χ4v) is 2.90. The number of hydrogen-bond acceptors (Lipinski definition) is 3. The van der Waals surface area contributed by atoms with Crippen molar-refractivity contribution in [1.82, 2.24) is 4.57 Å². The number of alkyl halides is 3. The first-order valence-electron chi connectivity index (χ1n) is 9.00. The summed E-state index contributed by atoms with van der Waals surface area (Å²) >= 11 is 0. The van der Waals surface area contributed by atoms with Crippen molar-refractivity contribution in [1.29, 1.82) is 0 Å². The monoisotopic (exact) mass is 399 g/mol. The van der Waals surface area contributed by atoms with Crippen LogP contribution in [0.4, 0.5) is 13.2 Å². The van der Waals surface area contributed by atoms with Crippen LogP contribution in [0.25, 0.3) is 10.8 Å². The number of benzene rings is 1. The average molecular weight is 399 g/mol. The fourth-order valence-electron chi connectivity index (χ4n) is 2.90. The Labute approximate surface area is 160 Å². The van der Waals surface area contributed by atoms with Gasteiger partial charge in [0.1, 0.15) is 0 Å². The first kappa shape index (κ1) is 21.8. The number of ether oxygens (including phenoxy) is 1. The van der Waals surface area contributed by atoms with E-state index >= 15 is 0 Å². The topological polar surface area (TPSA) is 68.5 Å². The van der Waals surface area contributed by atoms with Gasteiger partial charge in [0.25, 0.3) is 5.56 Å². The maximum Gasteiger partial charge on any atom is 0.416 e. The van der Waals surface area contributed by atoms with Crippen LogP contribution in [0.5, 0.6) is 5.75 Å². The third-order valence-electron chi connectivity index (χ3n) is 4.13. The van der Waals surface area contributed by atoms with Crippen molar-refractivity contribution in [2.75, 3.05) is 6.61 Å². The van der Waals surface area contributed by atoms with Crippen LogP contribution in [0.3, 0.4) is 0 Å². The predicted molar refractivity (Wildman–Crippen MR) is 100 cm³/mol. The molecular weight excluding hydrogens is 375 g/mol. The number of nitrogens with zero attached hydrogens (tertiary/aromatic N) is 1. The van der Waals surface area contributed by atoms with Gasteiger partial charge in [-0.1, -0.05) is 34.1 Å². The van der Waals surface area contributed by atoms with E-state index in [0.29, 0.717) is 6.42 Å². The molecule has 1 N–H and O–H groups in total. The number of pyridine rings is 1. The van der Waals surface area contributed by atoms with Gasteiger partial charge >= 0.3 is 12.1 Å². The van der Waals surface area contributed by atoms with E-state index < -0.39 is 28.7 Å². The quantitative estimate of drug-likeness (QED) is 0.699. The number of unbranched alkanes of at least 4 members (excludes halogenated alkanes) is 1. The Hall–Kier alpha value is -2.51. The van der Waals surface area contributed by atoms with Crippen molar-refractivity contribution in [3.63, 3.8) is 0 Å². The number of halogens is 3. The van der Waals surface area contributed by atoms with E-state index in [2.05, 4.69) is 0 Å². The third-order valence-corrected chi connectivity index (χ3v) is 4.13. The number of rotatable bonds is 6. The first-order chi connectivity index (χ1) is 12.9. The molecule has 0 saturated heterocycles. The highest BCUT2D eigenvalue weighted by Gasteiger charge is 2.32. The van der Waals surface area contributed by atoms with Gasteiger partial charge in [0.2, 0.25) is 0 Å². The standard InChI is InChI=1S/C20H24F3NO4/c1-5-6-9-28-16-13-8-7-12(20(21,22)23)10-14(13)17(25)24(11-19(2,3)4)15(16)18(26)27/h7-8,10H,5-6,9,11H2,1-4H3,(H,26,27). The SMILES string of the molecule is CCCCOc1c(C(=O)O)n(CC(C)(C)C)c(=O)c2cc(C(F)(F)F)ccc12. The van der Waals surface area contributed by atoms with Crippen LogP contribution in [0, 0.1) is 5.41 Å². The molecule has 2 aromatic rings. The molecule has 0 radical (unpaired) electrons. The Morgan fingerprint density at radius 1 is 1.18 bits per heavy atom. The third kappa shape index (κ3) is 4.66. The van der Waals surface area contributed by atoms with E-state index in [9.17, 15) is 27.9 Å². The number of carboxylic acid groups (broad SMARTS) is 1. The van der Waals surface area contributed by atoms with E-state index in [4.69, 9.17) is 4.74 Å². The number of hydrogen-bond donors (Lipinski definition) is 1. The van der Waals surface area contributed by atoms with E-state index in [-0.39, 0.29) is 35.4 Å². The summed E-state index contributed by atoms with van der Waals surface area (Å²) in [6, 6.07) is 2.69. The summed E-state index contributed by atoms with van der Waals surface area (Å²) in [6.07, 6.45) is -3.19. The zero-order valence-corrected chi connectivity index (χ0v) is 16.3. The molecule has 0 bridgehead atoms. The summed E-state index contributed by atoms with van der Waals surface area (Å²) in [6.45, 7) is 7.55. The Kier molecular flexibility index (Phi) is 6.11. The maximum atomic E-state index is 13.1. The molecule has 0 fully saturated rings. The molecule has 0 atom stereocenters. The van der Waals surface area contributed by atoms with E-state index in [0.717, 1.165) is 29.2 Å². The predicted octanol–water partition coefficient (Wildman–Crippen LogP) is 4.94. The molecule has 0 saturated carbocycles. The van der Waals surface area contributed by atoms with Gasteiger partial charge in [-0.15, -0.1) is 0 Å². The van der Waals surface area contributed by atoms with E-state index in [1.54, 1.807) is 20.8 Å². The summed E-state index contributed by atoms with van der Waals surface area (Å²) in [4.78, 5) is 24.9. The highest BCUT2D eigenvalue weighted by atomic mass is 19.4. The molecule has 0 aliphatic carbocycles. The van der Waals surface area contributed by atoms with Crippen LogP contribution in [0.1, 0.15) is 56.6 Å². The molecule has 8 heteroatoms. The molecular formula is C20H24F3NO4. The lowest BCUT2D eigenvalue weighted by molar-refractivity contribution is -0.137. The summed E-state index contributed by atoms with van der Waals surface area (Å²) in [5.74, 6) is -1.44. The lowest BCUT2D eigenvalue weighted by Crippen LogP contribution is -2.32. The molecule has 0 unspecified atom stereocenters. The fraction of sp³-hybridized carbons (Fsp3) is 0.500. The van der Waals surface area contributed by atoms with Gasteiger partial charge < -0.3 is 9.84 Å². The van der Waals surface area contributed by atoms with Gasteiger partial charge in [-0.25, -0.2) is 4.79 Å². The number of carboxylic acids is 1. The molecule has 1 aromatic heterocycles. The van der Waals surface area contributed by atoms with Crippen molar-refractivity contribution in [3.8, 4) is 5.75 Å². The maximum absolute atomic E-state index is 13.1. The minimum absolute atomic E-state index is 0.0176. The highest BCUT2D eigenvalue weighted by molar-refractivity contribution is 5.99. The summed E-state index contributed by atoms with van der Waals surface area (Å²) in [5, 5.41) is 9.60. The Bertz CT molecular complexity index is 940. The molecule has 0 aliphatic rings. The van der Waals surface area contributed by atoms with Crippen LogP contribution in [-0.4, -0.2) is 22.2 Å². The smallest absolute Gasteiger partial charge is 0.416 e. The van der Waals surface area contributed by atoms with Crippen LogP contribution in [0.15, 0.2) is 23.0 Å². The van der Waals surface area contributed by atoms with Crippen LogP contribution in [-0.2, 0) is 12.7 Å². The summed E-state index contributed by atoms with van der Waals surface area (Å²) < 4.78 is 46.1. The van der Waals surface area contributed by atoms with Crippen molar-refractivity contribution in [2.45, 2.75) is 53.3 Å². The van der Waals surface area contributed by atoms with Gasteiger partial charge in [0, 0.05) is 11.9 Å². The number of aromatic nitrogens is 1. The lowest BCUT2D eigenvalue weighted by atomic mass is 9.96. The van der Waals surface area contributed by atoms with Gasteiger partial charge in [-0.05, 0) is 30.0 Å². The molecule has 0 spiro atoms. The van der Waals surface area contributed by atoms with E-state index in [1.165, 1.54) is 0 Å². The minimum atomic E-state index is -4.62. The normalized spacial score (nSPS) is 12.4. The van der Waals surface area contributed by atoms with Crippen molar-refractivity contribution in [2.24, 2.45) is 5.41 Å². The van der Waals surface area contributed by atoms with Gasteiger partial charge in [0.15, 0.2) is 11.4 Å². The second kappa shape index (κ2) is 7.85. The van der Waals surface area contributed by atoms with E-state index in [1.807, 2.05) is 6.92 Å². The Morgan fingerprint density at radius 3 is 2.32 bits per heavy atom. The van der Waals surface area contributed by atoms with Crippen LogP contribution < -0.4 is 10.3 Å². The zero-order valence-electron chi connectivity index (χ0n) is 16.3. The number of aromatic carboxylic acids is 1. The van der Waals surface area contributed by atoms with Gasteiger partial charge in [0.05, 0.1) is 17.6 Å². The summed E-state index contributed by atoms with van der Waals surface area (Å²) in [5.41, 5.74) is -2.58.